The maximum atomic E-state index is 11.5. The molecule has 1 aliphatic carbocycles. The van der Waals surface area contributed by atoms with Gasteiger partial charge in [-0.3, -0.25) is 9.48 Å². The van der Waals surface area contributed by atoms with Crippen molar-refractivity contribution in [2.24, 2.45) is 12.5 Å². The van der Waals surface area contributed by atoms with E-state index in [1.807, 2.05) is 19.4 Å². The highest BCUT2D eigenvalue weighted by Gasteiger charge is 2.59. The van der Waals surface area contributed by atoms with E-state index in [-0.39, 0.29) is 17.4 Å². The third-order valence-electron chi connectivity index (χ3n) is 3.58. The van der Waals surface area contributed by atoms with Gasteiger partial charge in [0, 0.05) is 18.8 Å². The Hall–Kier alpha value is -1.32. The van der Waals surface area contributed by atoms with Gasteiger partial charge < -0.3 is 5.32 Å². The highest BCUT2D eigenvalue weighted by atomic mass is 16.2. The molecule has 0 unspecified atom stereocenters. The fraction of sp³-hybridized carbons (Fsp3) is 0.600. The quantitative estimate of drug-likeness (QED) is 0.666. The molecule has 0 aromatic carbocycles. The molecule has 1 aromatic rings. The van der Waals surface area contributed by atoms with Gasteiger partial charge >= 0.3 is 0 Å². The van der Waals surface area contributed by atoms with Crippen molar-refractivity contribution < 1.29 is 4.79 Å². The molecule has 1 spiro atoms. The Morgan fingerprint density at radius 3 is 2.86 bits per heavy atom. The van der Waals surface area contributed by atoms with Crippen LogP contribution in [0.15, 0.2) is 12.4 Å². The van der Waals surface area contributed by atoms with Crippen LogP contribution in [0.5, 0.6) is 0 Å². The molecule has 0 radical (unpaired) electrons. The lowest BCUT2D eigenvalue weighted by Crippen LogP contribution is -2.64. The molecular formula is C10H13N3O. The van der Waals surface area contributed by atoms with Crippen LogP contribution in [0.4, 0.5) is 0 Å². The number of carbonyl (C=O) groups excluding carboxylic acids is 1. The average molecular weight is 191 g/mol. The topological polar surface area (TPSA) is 46.9 Å². The van der Waals surface area contributed by atoms with Gasteiger partial charge in [-0.25, -0.2) is 0 Å². The Bertz CT molecular complexity index is 392. The van der Waals surface area contributed by atoms with Crippen LogP contribution in [-0.4, -0.2) is 15.7 Å². The normalized spacial score (nSPS) is 28.1. The van der Waals surface area contributed by atoms with Crippen molar-refractivity contribution in [2.45, 2.75) is 25.3 Å². The fourth-order valence-electron chi connectivity index (χ4n) is 2.53. The zero-order chi connectivity index (χ0) is 9.76. The Kier molecular flexibility index (Phi) is 1.36. The number of amides is 1. The van der Waals surface area contributed by atoms with Crippen molar-refractivity contribution in [3.05, 3.63) is 18.0 Å². The summed E-state index contributed by atoms with van der Waals surface area (Å²) >= 11 is 0. The third kappa shape index (κ3) is 0.786. The van der Waals surface area contributed by atoms with Crippen LogP contribution in [0.2, 0.25) is 0 Å². The molecular weight excluding hydrogens is 178 g/mol. The minimum atomic E-state index is -0.0664. The van der Waals surface area contributed by atoms with E-state index in [9.17, 15) is 4.79 Å². The summed E-state index contributed by atoms with van der Waals surface area (Å²) in [5.41, 5.74) is 1.08. The maximum absolute atomic E-state index is 11.5. The van der Waals surface area contributed by atoms with Crippen LogP contribution < -0.4 is 5.32 Å². The molecule has 2 heterocycles. The number of carbonyl (C=O) groups is 1. The predicted octanol–water partition coefficient (Wildman–Crippen LogP) is 0.761. The van der Waals surface area contributed by atoms with Crippen molar-refractivity contribution in [1.82, 2.24) is 15.1 Å². The van der Waals surface area contributed by atoms with Gasteiger partial charge in [-0.2, -0.15) is 5.10 Å². The van der Waals surface area contributed by atoms with Crippen LogP contribution in [0.25, 0.3) is 0 Å². The summed E-state index contributed by atoms with van der Waals surface area (Å²) < 4.78 is 1.78. The smallest absolute Gasteiger partial charge is 0.229 e. The minimum Gasteiger partial charge on any atom is -0.348 e. The SMILES string of the molecule is Cn1cc([C@H]2NC(=O)C23CCC3)cn1. The molecule has 2 aliphatic rings. The van der Waals surface area contributed by atoms with Crippen molar-refractivity contribution in [1.29, 1.82) is 0 Å². The van der Waals surface area contributed by atoms with Crippen LogP contribution in [-0.2, 0) is 11.8 Å². The Labute approximate surface area is 82.3 Å². The van der Waals surface area contributed by atoms with Gasteiger partial charge in [-0.05, 0) is 12.8 Å². The molecule has 1 aliphatic heterocycles. The first-order valence-electron chi connectivity index (χ1n) is 5.02. The summed E-state index contributed by atoms with van der Waals surface area (Å²) in [6.45, 7) is 0. The van der Waals surface area contributed by atoms with Gasteiger partial charge in [0.05, 0.1) is 17.7 Å². The number of nitrogens with zero attached hydrogens (tertiary/aromatic N) is 2. The van der Waals surface area contributed by atoms with E-state index >= 15 is 0 Å². The van der Waals surface area contributed by atoms with E-state index in [2.05, 4.69) is 10.4 Å². The number of aromatic nitrogens is 2. The first kappa shape index (κ1) is 8.03. The molecule has 1 saturated carbocycles. The molecule has 3 rings (SSSR count). The molecule has 4 heteroatoms. The van der Waals surface area contributed by atoms with Crippen molar-refractivity contribution in [3.8, 4) is 0 Å². The number of rotatable bonds is 1. The van der Waals surface area contributed by atoms with Crippen LogP contribution >= 0.6 is 0 Å². The molecule has 1 amide bonds. The van der Waals surface area contributed by atoms with E-state index in [1.165, 1.54) is 6.42 Å². The van der Waals surface area contributed by atoms with Gasteiger partial charge in [-0.15, -0.1) is 0 Å². The average Bonchev–Trinajstić information content (AvgIpc) is 2.44. The lowest BCUT2D eigenvalue weighted by molar-refractivity contribution is -0.155. The maximum Gasteiger partial charge on any atom is 0.229 e. The van der Waals surface area contributed by atoms with Gasteiger partial charge in [-0.1, -0.05) is 6.42 Å². The second-order valence-corrected chi connectivity index (χ2v) is 4.36. The van der Waals surface area contributed by atoms with Gasteiger partial charge in [0.2, 0.25) is 5.91 Å². The van der Waals surface area contributed by atoms with E-state index < -0.39 is 0 Å². The lowest BCUT2D eigenvalue weighted by Gasteiger charge is -2.54. The van der Waals surface area contributed by atoms with Gasteiger partial charge in [0.1, 0.15) is 0 Å². The fourth-order valence-corrected chi connectivity index (χ4v) is 2.53. The second kappa shape index (κ2) is 2.38. The summed E-state index contributed by atoms with van der Waals surface area (Å²) in [5, 5.41) is 7.11. The molecule has 1 atom stereocenters. The largest absolute Gasteiger partial charge is 0.348 e. The van der Waals surface area contributed by atoms with Gasteiger partial charge in [0.25, 0.3) is 0 Å². The van der Waals surface area contributed by atoms with E-state index in [4.69, 9.17) is 0 Å². The van der Waals surface area contributed by atoms with E-state index in [0.29, 0.717) is 0 Å². The zero-order valence-corrected chi connectivity index (χ0v) is 8.16. The summed E-state index contributed by atoms with van der Waals surface area (Å²) in [7, 11) is 1.90. The number of β-lactam (4-membered cyclic amide) rings is 1. The third-order valence-corrected chi connectivity index (χ3v) is 3.58. The molecule has 1 aromatic heterocycles. The summed E-state index contributed by atoms with van der Waals surface area (Å²) in [6.07, 6.45) is 7.11. The summed E-state index contributed by atoms with van der Waals surface area (Å²) in [4.78, 5) is 11.5. The summed E-state index contributed by atoms with van der Waals surface area (Å²) in [6, 6.07) is 0.220. The molecule has 0 bridgehead atoms. The highest BCUT2D eigenvalue weighted by molar-refractivity contribution is 5.91. The van der Waals surface area contributed by atoms with Crippen molar-refractivity contribution in [2.75, 3.05) is 0 Å². The monoisotopic (exact) mass is 191 g/mol. The number of hydrogen-bond donors (Lipinski definition) is 1. The Balaban J connectivity index is 1.91. The molecule has 74 valence electrons. The molecule has 1 N–H and O–H groups in total. The zero-order valence-electron chi connectivity index (χ0n) is 8.16. The molecule has 2 fully saturated rings. The minimum absolute atomic E-state index is 0.0664. The molecule has 1 saturated heterocycles. The van der Waals surface area contributed by atoms with Crippen molar-refractivity contribution >= 4 is 5.91 Å². The van der Waals surface area contributed by atoms with Crippen molar-refractivity contribution in [3.63, 3.8) is 0 Å². The van der Waals surface area contributed by atoms with E-state index in [1.54, 1.807) is 4.68 Å². The number of hydrogen-bond acceptors (Lipinski definition) is 2. The van der Waals surface area contributed by atoms with Crippen LogP contribution in [0, 0.1) is 5.41 Å². The van der Waals surface area contributed by atoms with Gasteiger partial charge in [0.15, 0.2) is 0 Å². The first-order valence-corrected chi connectivity index (χ1v) is 5.02. The Morgan fingerprint density at radius 1 is 1.64 bits per heavy atom. The molecule has 14 heavy (non-hydrogen) atoms. The highest BCUT2D eigenvalue weighted by Crippen LogP contribution is 2.55. The van der Waals surface area contributed by atoms with E-state index in [0.717, 1.165) is 18.4 Å². The Morgan fingerprint density at radius 2 is 2.43 bits per heavy atom. The molecule has 4 nitrogen and oxygen atoms in total. The lowest BCUT2D eigenvalue weighted by atomic mass is 9.57. The van der Waals surface area contributed by atoms with Crippen LogP contribution in [0.3, 0.4) is 0 Å². The number of aryl methyl sites for hydroxylation is 1. The predicted molar refractivity (Wildman–Crippen MR) is 50.4 cm³/mol. The second-order valence-electron chi connectivity index (χ2n) is 4.36. The number of nitrogens with one attached hydrogen (secondary N) is 1. The van der Waals surface area contributed by atoms with Crippen LogP contribution in [0.1, 0.15) is 30.9 Å². The standard InChI is InChI=1S/C10H13N3O/c1-13-6-7(5-11-13)8-10(3-2-4-10)9(14)12-8/h5-6,8H,2-4H2,1H3,(H,12,14)/t8-/m1/s1. The first-order chi connectivity index (χ1) is 6.72. The summed E-state index contributed by atoms with van der Waals surface area (Å²) in [5.74, 6) is 0.234.